The molecule has 4 rings (SSSR count). The van der Waals surface area contributed by atoms with Crippen molar-refractivity contribution in [2.24, 2.45) is 16.8 Å². The first-order chi connectivity index (χ1) is 14.6. The molecule has 2 aromatic rings. The van der Waals surface area contributed by atoms with Crippen LogP contribution in [0.3, 0.4) is 0 Å². The van der Waals surface area contributed by atoms with E-state index in [1.165, 1.54) is 0 Å². The van der Waals surface area contributed by atoms with Crippen LogP contribution in [0.25, 0.3) is 0 Å². The molecule has 0 aromatic carbocycles. The summed E-state index contributed by atoms with van der Waals surface area (Å²) in [6.45, 7) is 1.99. The minimum atomic E-state index is -0.148. The molecule has 1 aliphatic carbocycles. The lowest BCUT2D eigenvalue weighted by Gasteiger charge is -2.39. The van der Waals surface area contributed by atoms with E-state index in [1.807, 2.05) is 17.3 Å². The van der Waals surface area contributed by atoms with Gasteiger partial charge in [0.15, 0.2) is 5.82 Å². The molecule has 160 valence electrons. The second-order valence-electron chi connectivity index (χ2n) is 8.11. The second-order valence-corrected chi connectivity index (χ2v) is 8.11. The monoisotopic (exact) mass is 410 g/mol. The summed E-state index contributed by atoms with van der Waals surface area (Å²) in [5, 5.41) is 16.0. The van der Waals surface area contributed by atoms with E-state index in [2.05, 4.69) is 34.1 Å². The summed E-state index contributed by atoms with van der Waals surface area (Å²) in [4.78, 5) is 13.6. The molecular formula is C22H30N6O2. The molecule has 2 aromatic heterocycles. The van der Waals surface area contributed by atoms with Gasteiger partial charge in [0.05, 0.1) is 42.5 Å². The van der Waals surface area contributed by atoms with Crippen LogP contribution in [0.5, 0.6) is 0 Å². The van der Waals surface area contributed by atoms with Crippen molar-refractivity contribution in [3.05, 3.63) is 47.7 Å². The van der Waals surface area contributed by atoms with Gasteiger partial charge in [0.2, 0.25) is 0 Å². The minimum absolute atomic E-state index is 0.0349. The fourth-order valence-corrected chi connectivity index (χ4v) is 4.59. The van der Waals surface area contributed by atoms with Crippen LogP contribution in [-0.2, 0) is 11.3 Å². The van der Waals surface area contributed by atoms with Crippen LogP contribution >= 0.6 is 0 Å². The van der Waals surface area contributed by atoms with Gasteiger partial charge >= 0.3 is 0 Å². The van der Waals surface area contributed by atoms with Crippen molar-refractivity contribution in [2.45, 2.75) is 63.3 Å². The average molecular weight is 411 g/mol. The van der Waals surface area contributed by atoms with Crippen molar-refractivity contribution in [1.29, 1.82) is 0 Å². The van der Waals surface area contributed by atoms with E-state index in [0.29, 0.717) is 11.5 Å². The molecule has 0 amide bonds. The Kier molecular flexibility index (Phi) is 6.36. The molecule has 2 aliphatic rings. The molecule has 0 radical (unpaired) electrons. The van der Waals surface area contributed by atoms with Crippen molar-refractivity contribution in [2.75, 3.05) is 12.1 Å². The predicted molar refractivity (Wildman–Crippen MR) is 115 cm³/mol. The first-order valence-electron chi connectivity index (χ1n) is 10.6. The molecule has 1 aliphatic heterocycles. The lowest BCUT2D eigenvalue weighted by atomic mass is 9.75. The molecule has 1 saturated carbocycles. The number of hydrogen-bond donors (Lipinski definition) is 2. The van der Waals surface area contributed by atoms with Crippen molar-refractivity contribution >= 4 is 12.0 Å². The van der Waals surface area contributed by atoms with Crippen LogP contribution in [0.4, 0.5) is 5.82 Å². The number of ether oxygens (including phenoxy) is 1. The summed E-state index contributed by atoms with van der Waals surface area (Å²) >= 11 is 0. The SMILES string of the molecule is CCC[C@H](N)c1cccc(C2CC(OC)C3C=NN(c4cncc(CO)n4)C3C2)n1. The lowest BCUT2D eigenvalue weighted by molar-refractivity contribution is 0.0357. The maximum atomic E-state index is 9.42. The normalized spacial score (nSPS) is 26.6. The molecule has 0 bridgehead atoms. The highest BCUT2D eigenvalue weighted by atomic mass is 16.5. The first kappa shape index (κ1) is 20.8. The van der Waals surface area contributed by atoms with Crippen molar-refractivity contribution in [3.8, 4) is 0 Å². The van der Waals surface area contributed by atoms with Gasteiger partial charge < -0.3 is 15.6 Å². The molecule has 1 fully saturated rings. The number of pyridine rings is 1. The van der Waals surface area contributed by atoms with Gasteiger partial charge in [-0.15, -0.1) is 0 Å². The molecule has 5 atom stereocenters. The lowest BCUT2D eigenvalue weighted by Crippen LogP contribution is -2.45. The summed E-state index contributed by atoms with van der Waals surface area (Å²) in [7, 11) is 1.76. The highest BCUT2D eigenvalue weighted by Gasteiger charge is 2.44. The van der Waals surface area contributed by atoms with Gasteiger partial charge in [-0.25, -0.2) is 9.99 Å². The Morgan fingerprint density at radius 3 is 2.90 bits per heavy atom. The maximum Gasteiger partial charge on any atom is 0.168 e. The number of hydrogen-bond acceptors (Lipinski definition) is 8. The molecule has 3 N–H and O–H groups in total. The topological polar surface area (TPSA) is 110 Å². The molecule has 3 heterocycles. The number of methoxy groups -OCH3 is 1. The number of aromatic nitrogens is 3. The van der Waals surface area contributed by atoms with Crippen LogP contribution in [-0.4, -0.2) is 45.5 Å². The van der Waals surface area contributed by atoms with E-state index in [-0.39, 0.29) is 36.6 Å². The summed E-state index contributed by atoms with van der Waals surface area (Å²) in [6, 6.07) is 6.23. The largest absolute Gasteiger partial charge is 0.390 e. The van der Waals surface area contributed by atoms with E-state index < -0.39 is 0 Å². The van der Waals surface area contributed by atoms with E-state index in [4.69, 9.17) is 15.5 Å². The molecule has 30 heavy (non-hydrogen) atoms. The van der Waals surface area contributed by atoms with E-state index in [0.717, 1.165) is 37.1 Å². The first-order valence-corrected chi connectivity index (χ1v) is 10.6. The third-order valence-electron chi connectivity index (χ3n) is 6.15. The summed E-state index contributed by atoms with van der Waals surface area (Å²) in [6.07, 6.45) is 8.99. The number of nitrogens with two attached hydrogens (primary N) is 1. The molecule has 0 spiro atoms. The highest BCUT2D eigenvalue weighted by molar-refractivity contribution is 5.70. The molecule has 8 nitrogen and oxygen atoms in total. The fourth-order valence-electron chi connectivity index (χ4n) is 4.59. The second kappa shape index (κ2) is 9.16. The zero-order valence-corrected chi connectivity index (χ0v) is 17.6. The summed E-state index contributed by atoms with van der Waals surface area (Å²) in [5.41, 5.74) is 8.85. The van der Waals surface area contributed by atoms with E-state index >= 15 is 0 Å². The smallest absolute Gasteiger partial charge is 0.168 e. The number of aliphatic hydroxyl groups is 1. The van der Waals surface area contributed by atoms with Gasteiger partial charge in [-0.3, -0.25) is 9.97 Å². The van der Waals surface area contributed by atoms with Crippen LogP contribution in [0.15, 0.2) is 35.7 Å². The van der Waals surface area contributed by atoms with Crippen LogP contribution in [0, 0.1) is 5.92 Å². The maximum absolute atomic E-state index is 9.42. The molecule has 0 saturated heterocycles. The van der Waals surface area contributed by atoms with Gasteiger partial charge in [-0.2, -0.15) is 5.10 Å². The van der Waals surface area contributed by atoms with Crippen LogP contribution < -0.4 is 10.7 Å². The van der Waals surface area contributed by atoms with Crippen molar-refractivity contribution < 1.29 is 9.84 Å². The Morgan fingerprint density at radius 2 is 2.13 bits per heavy atom. The van der Waals surface area contributed by atoms with E-state index in [1.54, 1.807) is 19.5 Å². The Balaban J connectivity index is 1.60. The molecule has 4 unspecified atom stereocenters. The number of rotatable bonds is 7. The van der Waals surface area contributed by atoms with Gasteiger partial charge in [-0.05, 0) is 31.4 Å². The summed E-state index contributed by atoms with van der Waals surface area (Å²) < 4.78 is 5.86. The Bertz CT molecular complexity index is 891. The minimum Gasteiger partial charge on any atom is -0.390 e. The number of nitrogens with zero attached hydrogens (tertiary/aromatic N) is 5. The zero-order chi connectivity index (χ0) is 21.1. The van der Waals surface area contributed by atoms with Crippen molar-refractivity contribution in [1.82, 2.24) is 15.0 Å². The predicted octanol–water partition coefficient (Wildman–Crippen LogP) is 2.55. The number of fused-ring (bicyclic) bond motifs is 1. The van der Waals surface area contributed by atoms with E-state index in [9.17, 15) is 5.11 Å². The van der Waals surface area contributed by atoms with Gasteiger partial charge in [0, 0.05) is 36.9 Å². The molecule has 8 heteroatoms. The Morgan fingerprint density at radius 1 is 1.27 bits per heavy atom. The number of aliphatic hydroxyl groups excluding tert-OH is 1. The Hall–Kier alpha value is -2.42. The third-order valence-corrected chi connectivity index (χ3v) is 6.15. The van der Waals surface area contributed by atoms with Gasteiger partial charge in [0.25, 0.3) is 0 Å². The van der Waals surface area contributed by atoms with Gasteiger partial charge in [-0.1, -0.05) is 19.4 Å². The van der Waals surface area contributed by atoms with Crippen molar-refractivity contribution in [3.63, 3.8) is 0 Å². The third kappa shape index (κ3) is 4.08. The average Bonchev–Trinajstić information content (AvgIpc) is 3.23. The standard InChI is InChI=1S/C22H30N6O2/c1-3-5-17(23)19-7-4-6-18(27-19)14-8-20-16(21(9-14)30-2)11-25-28(20)22-12-24-10-15(13-29)26-22/h4,6-7,10-12,14,16-17,20-21,29H,3,5,8-9,13,23H2,1-2H3/t14?,16?,17-,20?,21?/m0/s1. The quantitative estimate of drug-likeness (QED) is 0.722. The number of hydrazone groups is 1. The van der Waals surface area contributed by atoms with Crippen LogP contribution in [0.2, 0.25) is 0 Å². The number of anilines is 1. The summed E-state index contributed by atoms with van der Waals surface area (Å²) in [5.74, 6) is 1.06. The van der Waals surface area contributed by atoms with Crippen LogP contribution in [0.1, 0.15) is 61.6 Å². The fraction of sp³-hybridized carbons (Fsp3) is 0.545. The van der Waals surface area contributed by atoms with Gasteiger partial charge in [0.1, 0.15) is 0 Å². The highest BCUT2D eigenvalue weighted by Crippen LogP contribution is 2.42. The zero-order valence-electron chi connectivity index (χ0n) is 17.6. The Labute approximate surface area is 177 Å². The molecular weight excluding hydrogens is 380 g/mol.